The van der Waals surface area contributed by atoms with Crippen LogP contribution in [0.2, 0.25) is 0 Å². The third-order valence-electron chi connectivity index (χ3n) is 3.09. The molecule has 1 aromatic rings. The van der Waals surface area contributed by atoms with Gasteiger partial charge in [-0.2, -0.15) is 0 Å². The number of hydrogen-bond donors (Lipinski definition) is 1. The Bertz CT molecular complexity index is 405. The standard InChI is InChI=1S/C14H20BrNO2/c1-14(2,13(17)18)10-5-3-4-7-11-8-6-9-12(15)16-11/h6,8-9H,3-5,7,10H2,1-2H3,(H,17,18). The number of hydrogen-bond acceptors (Lipinski definition) is 2. The van der Waals surface area contributed by atoms with Crippen LogP contribution in [0, 0.1) is 5.41 Å². The van der Waals surface area contributed by atoms with Gasteiger partial charge in [0.2, 0.25) is 0 Å². The van der Waals surface area contributed by atoms with Crippen LogP contribution in [0.5, 0.6) is 0 Å². The molecule has 1 heterocycles. The van der Waals surface area contributed by atoms with Gasteiger partial charge in [0.15, 0.2) is 0 Å². The summed E-state index contributed by atoms with van der Waals surface area (Å²) in [5, 5.41) is 8.99. The van der Waals surface area contributed by atoms with Crippen LogP contribution in [-0.4, -0.2) is 16.1 Å². The maximum Gasteiger partial charge on any atom is 0.309 e. The molecule has 0 aromatic carbocycles. The van der Waals surface area contributed by atoms with Crippen LogP contribution in [-0.2, 0) is 11.2 Å². The van der Waals surface area contributed by atoms with Crippen LogP contribution in [0.25, 0.3) is 0 Å². The van der Waals surface area contributed by atoms with Crippen molar-refractivity contribution >= 4 is 21.9 Å². The molecule has 100 valence electrons. The number of unbranched alkanes of at least 4 members (excludes halogenated alkanes) is 2. The summed E-state index contributed by atoms with van der Waals surface area (Å²) in [7, 11) is 0. The fourth-order valence-electron chi connectivity index (χ4n) is 1.75. The molecule has 18 heavy (non-hydrogen) atoms. The lowest BCUT2D eigenvalue weighted by molar-refractivity contribution is -0.147. The highest BCUT2D eigenvalue weighted by Gasteiger charge is 2.25. The van der Waals surface area contributed by atoms with E-state index in [1.54, 1.807) is 13.8 Å². The number of aryl methyl sites for hydroxylation is 1. The Morgan fingerprint density at radius 2 is 2.06 bits per heavy atom. The van der Waals surface area contributed by atoms with Crippen molar-refractivity contribution in [2.24, 2.45) is 5.41 Å². The van der Waals surface area contributed by atoms with Gasteiger partial charge in [-0.1, -0.05) is 18.9 Å². The molecule has 0 atom stereocenters. The molecular weight excluding hydrogens is 294 g/mol. The van der Waals surface area contributed by atoms with Gasteiger partial charge in [-0.05, 0) is 61.2 Å². The zero-order chi connectivity index (χ0) is 13.6. The summed E-state index contributed by atoms with van der Waals surface area (Å²) in [6.45, 7) is 3.57. The quantitative estimate of drug-likeness (QED) is 0.610. The first-order valence-corrected chi connectivity index (χ1v) is 7.06. The van der Waals surface area contributed by atoms with Gasteiger partial charge in [0.05, 0.1) is 5.41 Å². The molecule has 0 amide bonds. The number of rotatable bonds is 7. The minimum Gasteiger partial charge on any atom is -0.481 e. The van der Waals surface area contributed by atoms with Crippen molar-refractivity contribution in [3.63, 3.8) is 0 Å². The molecule has 0 fully saturated rings. The van der Waals surface area contributed by atoms with Gasteiger partial charge in [-0.25, -0.2) is 4.98 Å². The number of halogens is 1. The van der Waals surface area contributed by atoms with Gasteiger partial charge in [0.25, 0.3) is 0 Å². The molecule has 1 aromatic heterocycles. The van der Waals surface area contributed by atoms with Crippen molar-refractivity contribution in [3.8, 4) is 0 Å². The van der Waals surface area contributed by atoms with Crippen molar-refractivity contribution in [1.82, 2.24) is 4.98 Å². The molecule has 1 rings (SSSR count). The second-order valence-electron chi connectivity index (χ2n) is 5.20. The average Bonchev–Trinajstić information content (AvgIpc) is 2.28. The van der Waals surface area contributed by atoms with Crippen LogP contribution >= 0.6 is 15.9 Å². The van der Waals surface area contributed by atoms with Crippen LogP contribution < -0.4 is 0 Å². The second-order valence-corrected chi connectivity index (χ2v) is 6.01. The first-order chi connectivity index (χ1) is 8.42. The highest BCUT2D eigenvalue weighted by Crippen LogP contribution is 2.24. The van der Waals surface area contributed by atoms with Gasteiger partial charge in [0.1, 0.15) is 4.60 Å². The summed E-state index contributed by atoms with van der Waals surface area (Å²) < 4.78 is 0.868. The first-order valence-electron chi connectivity index (χ1n) is 6.27. The topological polar surface area (TPSA) is 50.2 Å². The normalized spacial score (nSPS) is 11.5. The lowest BCUT2D eigenvalue weighted by Crippen LogP contribution is -2.23. The van der Waals surface area contributed by atoms with E-state index < -0.39 is 11.4 Å². The Morgan fingerprint density at radius 3 is 2.67 bits per heavy atom. The van der Waals surface area contributed by atoms with Gasteiger partial charge in [-0.3, -0.25) is 4.79 Å². The molecule has 0 bridgehead atoms. The fourth-order valence-corrected chi connectivity index (χ4v) is 2.13. The maximum absolute atomic E-state index is 10.9. The van der Waals surface area contributed by atoms with E-state index in [0.29, 0.717) is 0 Å². The monoisotopic (exact) mass is 313 g/mol. The predicted octanol–water partition coefficient (Wildman–Crippen LogP) is 4.06. The van der Waals surface area contributed by atoms with Crippen LogP contribution in [0.15, 0.2) is 22.8 Å². The Labute approximate surface area is 117 Å². The minimum atomic E-state index is -0.712. The summed E-state index contributed by atoms with van der Waals surface area (Å²) >= 11 is 3.35. The van der Waals surface area contributed by atoms with E-state index in [1.165, 1.54) is 0 Å². The Morgan fingerprint density at radius 1 is 1.33 bits per heavy atom. The van der Waals surface area contributed by atoms with Gasteiger partial charge in [-0.15, -0.1) is 0 Å². The van der Waals surface area contributed by atoms with E-state index in [4.69, 9.17) is 5.11 Å². The second kappa shape index (κ2) is 6.88. The van der Waals surface area contributed by atoms with Crippen LogP contribution in [0.3, 0.4) is 0 Å². The zero-order valence-electron chi connectivity index (χ0n) is 10.9. The van der Waals surface area contributed by atoms with Gasteiger partial charge in [0, 0.05) is 5.69 Å². The van der Waals surface area contributed by atoms with E-state index >= 15 is 0 Å². The number of pyridine rings is 1. The molecule has 0 saturated carbocycles. The first kappa shape index (κ1) is 15.2. The zero-order valence-corrected chi connectivity index (χ0v) is 12.5. The number of nitrogens with zero attached hydrogens (tertiary/aromatic N) is 1. The molecule has 3 nitrogen and oxygen atoms in total. The van der Waals surface area contributed by atoms with Crippen LogP contribution in [0.1, 0.15) is 45.2 Å². The van der Waals surface area contributed by atoms with E-state index in [0.717, 1.165) is 42.4 Å². The SMILES string of the molecule is CC(C)(CCCCCc1cccc(Br)n1)C(=O)O. The van der Waals surface area contributed by atoms with E-state index in [9.17, 15) is 4.79 Å². The average molecular weight is 314 g/mol. The van der Waals surface area contributed by atoms with Crippen molar-refractivity contribution in [3.05, 3.63) is 28.5 Å². The van der Waals surface area contributed by atoms with Crippen molar-refractivity contribution in [2.75, 3.05) is 0 Å². The molecule has 4 heteroatoms. The highest BCUT2D eigenvalue weighted by atomic mass is 79.9. The van der Waals surface area contributed by atoms with Crippen molar-refractivity contribution in [1.29, 1.82) is 0 Å². The molecule has 0 radical (unpaired) electrons. The summed E-state index contributed by atoms with van der Waals surface area (Å²) in [4.78, 5) is 15.3. The maximum atomic E-state index is 10.9. The van der Waals surface area contributed by atoms with Crippen molar-refractivity contribution in [2.45, 2.75) is 46.0 Å². The Hall–Kier alpha value is -0.900. The largest absolute Gasteiger partial charge is 0.481 e. The predicted molar refractivity (Wildman–Crippen MR) is 75.5 cm³/mol. The van der Waals surface area contributed by atoms with Gasteiger partial charge < -0.3 is 5.11 Å². The smallest absolute Gasteiger partial charge is 0.309 e. The third-order valence-corrected chi connectivity index (χ3v) is 3.53. The summed E-state index contributed by atoms with van der Waals surface area (Å²) in [5.74, 6) is -0.712. The minimum absolute atomic E-state index is 0.603. The molecule has 1 N–H and O–H groups in total. The Kier molecular flexibility index (Phi) is 5.79. The third kappa shape index (κ3) is 5.17. The lowest BCUT2D eigenvalue weighted by atomic mass is 9.87. The molecule has 0 unspecified atom stereocenters. The molecule has 0 aliphatic rings. The number of carbonyl (C=O) groups is 1. The summed E-state index contributed by atoms with van der Waals surface area (Å²) in [5.41, 5.74) is 0.482. The number of carboxylic acids is 1. The van der Waals surface area contributed by atoms with Crippen molar-refractivity contribution < 1.29 is 9.90 Å². The summed E-state index contributed by atoms with van der Waals surface area (Å²) in [6.07, 6.45) is 4.73. The number of aromatic nitrogens is 1. The van der Waals surface area contributed by atoms with E-state index in [2.05, 4.69) is 20.9 Å². The lowest BCUT2D eigenvalue weighted by Gasteiger charge is -2.18. The fraction of sp³-hybridized carbons (Fsp3) is 0.571. The Balaban J connectivity index is 2.22. The molecule has 0 spiro atoms. The van der Waals surface area contributed by atoms with Gasteiger partial charge >= 0.3 is 5.97 Å². The van der Waals surface area contributed by atoms with E-state index in [1.807, 2.05) is 18.2 Å². The van der Waals surface area contributed by atoms with Crippen LogP contribution in [0.4, 0.5) is 0 Å². The molecule has 0 aliphatic heterocycles. The molecule has 0 aliphatic carbocycles. The molecule has 0 saturated heterocycles. The highest BCUT2D eigenvalue weighted by molar-refractivity contribution is 9.10. The number of carboxylic acid groups (broad SMARTS) is 1. The molecular formula is C14H20BrNO2. The summed E-state index contributed by atoms with van der Waals surface area (Å²) in [6, 6.07) is 5.92. The number of aliphatic carboxylic acids is 1. The van der Waals surface area contributed by atoms with E-state index in [-0.39, 0.29) is 0 Å².